The molecule has 4 heterocycles. The molecule has 10 heteroatoms. The predicted molar refractivity (Wildman–Crippen MR) is 115 cm³/mol. The zero-order valence-corrected chi connectivity index (χ0v) is 18.0. The molecule has 0 radical (unpaired) electrons. The standard InChI is InChI=1S/C21H26FN7O2/c1-5-31-20-16(7-23-21(27-20)29-9-12(2)24-13(3)10-29)19(30)26-15-6-17(22)18-25-14(4)8-28(18)11-15/h6-8,11-13,24H,5,9-10H2,1-4H3,(H,26,30)/t12-,13+. The van der Waals surface area contributed by atoms with Crippen molar-refractivity contribution in [3.05, 3.63) is 41.7 Å². The Morgan fingerprint density at radius 3 is 2.74 bits per heavy atom. The molecule has 9 nitrogen and oxygen atoms in total. The lowest BCUT2D eigenvalue weighted by Gasteiger charge is -2.36. The molecule has 31 heavy (non-hydrogen) atoms. The number of anilines is 2. The fourth-order valence-electron chi connectivity index (χ4n) is 3.85. The number of halogens is 1. The van der Waals surface area contributed by atoms with Crippen LogP contribution in [-0.4, -0.2) is 57.0 Å². The van der Waals surface area contributed by atoms with Crippen LogP contribution in [0.3, 0.4) is 0 Å². The van der Waals surface area contributed by atoms with Gasteiger partial charge in [-0.1, -0.05) is 0 Å². The van der Waals surface area contributed by atoms with Crippen LogP contribution in [0.25, 0.3) is 5.65 Å². The Morgan fingerprint density at radius 2 is 2.03 bits per heavy atom. The Hall–Kier alpha value is -3.27. The van der Waals surface area contributed by atoms with Crippen molar-refractivity contribution in [2.24, 2.45) is 0 Å². The highest BCUT2D eigenvalue weighted by molar-refractivity contribution is 6.05. The molecule has 3 aromatic rings. The first-order valence-electron chi connectivity index (χ1n) is 10.3. The van der Waals surface area contributed by atoms with E-state index in [-0.39, 0.29) is 17.1 Å². The Morgan fingerprint density at radius 1 is 1.29 bits per heavy atom. The molecule has 0 bridgehead atoms. The van der Waals surface area contributed by atoms with Gasteiger partial charge in [0.05, 0.1) is 18.0 Å². The summed E-state index contributed by atoms with van der Waals surface area (Å²) in [6.07, 6.45) is 4.75. The van der Waals surface area contributed by atoms with Crippen LogP contribution in [0.1, 0.15) is 36.8 Å². The van der Waals surface area contributed by atoms with Crippen LogP contribution in [0.4, 0.5) is 16.0 Å². The Labute approximate surface area is 179 Å². The molecular weight excluding hydrogens is 401 g/mol. The number of pyridine rings is 1. The average molecular weight is 427 g/mol. The second kappa shape index (κ2) is 8.46. The average Bonchev–Trinajstić information content (AvgIpc) is 3.08. The molecule has 1 fully saturated rings. The van der Waals surface area contributed by atoms with Crippen molar-refractivity contribution in [1.82, 2.24) is 24.7 Å². The van der Waals surface area contributed by atoms with Crippen molar-refractivity contribution in [2.45, 2.75) is 39.8 Å². The molecule has 0 spiro atoms. The van der Waals surface area contributed by atoms with E-state index < -0.39 is 11.7 Å². The summed E-state index contributed by atoms with van der Waals surface area (Å²) in [4.78, 5) is 28.0. The fraction of sp³-hybridized carbons (Fsp3) is 0.429. The van der Waals surface area contributed by atoms with Crippen LogP contribution in [0.2, 0.25) is 0 Å². The zero-order chi connectivity index (χ0) is 22.1. The third kappa shape index (κ3) is 4.43. The van der Waals surface area contributed by atoms with Crippen LogP contribution >= 0.6 is 0 Å². The van der Waals surface area contributed by atoms with E-state index in [1.54, 1.807) is 19.3 Å². The van der Waals surface area contributed by atoms with Crippen LogP contribution in [0.15, 0.2) is 24.7 Å². The smallest absolute Gasteiger partial charge is 0.262 e. The SMILES string of the molecule is CCOc1nc(N2C[C@@H](C)N[C@@H](C)C2)ncc1C(=O)Nc1cc(F)c2nc(C)cn2c1. The van der Waals surface area contributed by atoms with Gasteiger partial charge in [0.1, 0.15) is 5.56 Å². The number of imidazole rings is 1. The highest BCUT2D eigenvalue weighted by atomic mass is 19.1. The number of piperazine rings is 1. The van der Waals surface area contributed by atoms with Gasteiger partial charge in [0.2, 0.25) is 11.8 Å². The Bertz CT molecular complexity index is 1110. The number of carbonyl (C=O) groups excluding carboxylic acids is 1. The normalized spacial score (nSPS) is 18.9. The minimum atomic E-state index is -0.524. The van der Waals surface area contributed by atoms with Gasteiger partial charge in [-0.3, -0.25) is 4.79 Å². The molecule has 0 saturated carbocycles. The summed E-state index contributed by atoms with van der Waals surface area (Å²) in [5, 5.41) is 6.17. The van der Waals surface area contributed by atoms with Gasteiger partial charge in [0.15, 0.2) is 11.5 Å². The molecule has 2 atom stereocenters. The lowest BCUT2D eigenvalue weighted by atomic mass is 10.1. The van der Waals surface area contributed by atoms with E-state index >= 15 is 0 Å². The molecule has 0 aromatic carbocycles. The van der Waals surface area contributed by atoms with Crippen molar-refractivity contribution in [3.8, 4) is 5.88 Å². The van der Waals surface area contributed by atoms with Crippen LogP contribution in [-0.2, 0) is 0 Å². The number of hydrogen-bond acceptors (Lipinski definition) is 7. The van der Waals surface area contributed by atoms with Gasteiger partial charge in [0.25, 0.3) is 5.91 Å². The van der Waals surface area contributed by atoms with Crippen molar-refractivity contribution in [2.75, 3.05) is 29.9 Å². The van der Waals surface area contributed by atoms with Crippen molar-refractivity contribution >= 4 is 23.2 Å². The summed E-state index contributed by atoms with van der Waals surface area (Å²) in [5.41, 5.74) is 1.37. The summed E-state index contributed by atoms with van der Waals surface area (Å²) >= 11 is 0. The van der Waals surface area contributed by atoms with Crippen LogP contribution < -0.4 is 20.3 Å². The number of ether oxygens (including phenoxy) is 1. The predicted octanol–water partition coefficient (Wildman–Crippen LogP) is 2.41. The lowest BCUT2D eigenvalue weighted by Crippen LogP contribution is -2.54. The molecule has 0 unspecified atom stereocenters. The first kappa shape index (κ1) is 21.0. The van der Waals surface area contributed by atoms with Gasteiger partial charge in [-0.15, -0.1) is 0 Å². The molecule has 1 saturated heterocycles. The fourth-order valence-corrected chi connectivity index (χ4v) is 3.85. The third-order valence-corrected chi connectivity index (χ3v) is 4.99. The van der Waals surface area contributed by atoms with Gasteiger partial charge < -0.3 is 24.7 Å². The zero-order valence-electron chi connectivity index (χ0n) is 18.0. The summed E-state index contributed by atoms with van der Waals surface area (Å²) in [6, 6.07) is 1.82. The topological polar surface area (TPSA) is 96.7 Å². The van der Waals surface area contributed by atoms with Crippen molar-refractivity contribution in [3.63, 3.8) is 0 Å². The molecular formula is C21H26FN7O2. The summed E-state index contributed by atoms with van der Waals surface area (Å²) < 4.78 is 21.5. The number of amides is 1. The van der Waals surface area contributed by atoms with E-state index in [4.69, 9.17) is 4.74 Å². The molecule has 3 aromatic heterocycles. The number of carbonyl (C=O) groups is 1. The summed E-state index contributed by atoms with van der Waals surface area (Å²) in [7, 11) is 0. The van der Waals surface area contributed by atoms with Gasteiger partial charge in [0, 0.05) is 49.8 Å². The van der Waals surface area contributed by atoms with Gasteiger partial charge in [-0.05, 0) is 27.7 Å². The Balaban J connectivity index is 1.60. The largest absolute Gasteiger partial charge is 0.477 e. The van der Waals surface area contributed by atoms with Crippen LogP contribution in [0.5, 0.6) is 5.88 Å². The molecule has 1 aliphatic rings. The van der Waals surface area contributed by atoms with Gasteiger partial charge in [-0.25, -0.2) is 14.4 Å². The minimum absolute atomic E-state index is 0.184. The van der Waals surface area contributed by atoms with E-state index in [0.717, 1.165) is 13.1 Å². The maximum Gasteiger partial charge on any atom is 0.262 e. The van der Waals surface area contributed by atoms with E-state index in [1.807, 2.05) is 6.92 Å². The summed E-state index contributed by atoms with van der Waals surface area (Å²) in [6.45, 7) is 9.66. The van der Waals surface area contributed by atoms with E-state index in [1.165, 1.54) is 16.7 Å². The summed E-state index contributed by atoms with van der Waals surface area (Å²) in [5.74, 6) is -0.289. The molecule has 1 aliphatic heterocycles. The minimum Gasteiger partial charge on any atom is -0.477 e. The number of rotatable bonds is 5. The molecule has 2 N–H and O–H groups in total. The van der Waals surface area contributed by atoms with E-state index in [9.17, 15) is 9.18 Å². The highest BCUT2D eigenvalue weighted by Gasteiger charge is 2.25. The Kier molecular flexibility index (Phi) is 5.73. The van der Waals surface area contributed by atoms with Crippen molar-refractivity contribution < 1.29 is 13.9 Å². The van der Waals surface area contributed by atoms with Crippen molar-refractivity contribution in [1.29, 1.82) is 0 Å². The lowest BCUT2D eigenvalue weighted by molar-refractivity contribution is 0.102. The monoisotopic (exact) mass is 427 g/mol. The maximum atomic E-state index is 14.3. The van der Waals surface area contributed by atoms with E-state index in [0.29, 0.717) is 36.0 Å². The molecule has 0 aliphatic carbocycles. The second-order valence-corrected chi connectivity index (χ2v) is 7.84. The van der Waals surface area contributed by atoms with Gasteiger partial charge >= 0.3 is 0 Å². The third-order valence-electron chi connectivity index (χ3n) is 4.99. The first-order chi connectivity index (χ1) is 14.8. The number of aromatic nitrogens is 4. The number of fused-ring (bicyclic) bond motifs is 1. The first-order valence-corrected chi connectivity index (χ1v) is 10.3. The quantitative estimate of drug-likeness (QED) is 0.645. The maximum absolute atomic E-state index is 14.3. The molecule has 4 rings (SSSR count). The molecule has 1 amide bonds. The van der Waals surface area contributed by atoms with Crippen LogP contribution in [0, 0.1) is 12.7 Å². The number of nitrogens with one attached hydrogen (secondary N) is 2. The second-order valence-electron chi connectivity index (χ2n) is 7.84. The van der Waals surface area contributed by atoms with E-state index in [2.05, 4.69) is 44.3 Å². The highest BCUT2D eigenvalue weighted by Crippen LogP contribution is 2.23. The molecule has 164 valence electrons. The van der Waals surface area contributed by atoms with Gasteiger partial charge in [-0.2, -0.15) is 4.98 Å². The number of nitrogens with zero attached hydrogens (tertiary/aromatic N) is 5. The number of hydrogen-bond donors (Lipinski definition) is 2. The number of aryl methyl sites for hydroxylation is 1.